The smallest absolute Gasteiger partial charge is 0.437 e. The van der Waals surface area contributed by atoms with Crippen LogP contribution in [0.3, 0.4) is 0 Å². The summed E-state index contributed by atoms with van der Waals surface area (Å²) in [6.07, 6.45) is 0.647. The number of halogens is 3. The zero-order valence-electron chi connectivity index (χ0n) is 32.9. The predicted octanol–water partition coefficient (Wildman–Crippen LogP) is 4.66. The van der Waals surface area contributed by atoms with E-state index in [9.17, 15) is 40.8 Å². The van der Waals surface area contributed by atoms with Gasteiger partial charge in [-0.15, -0.1) is 0 Å². The molecular formula is C39H48F3N5O10S. The van der Waals surface area contributed by atoms with Gasteiger partial charge >= 0.3 is 12.3 Å². The molecule has 2 aromatic rings. The first-order valence-electron chi connectivity index (χ1n) is 19.4. The molecule has 2 saturated carbocycles. The van der Waals surface area contributed by atoms with Crippen molar-refractivity contribution in [2.45, 2.75) is 125 Å². The lowest BCUT2D eigenvalue weighted by molar-refractivity contribution is -0.145. The molecule has 3 aliphatic heterocycles. The normalized spacial score (nSPS) is 28.9. The molecule has 5 aliphatic rings. The number of ether oxygens (including phenoxy) is 4. The molecular weight excluding hydrogens is 788 g/mol. The largest absolute Gasteiger partial charge is 0.497 e. The molecule has 7 rings (SSSR count). The molecule has 1 aromatic carbocycles. The van der Waals surface area contributed by atoms with Gasteiger partial charge in [0.25, 0.3) is 5.91 Å². The van der Waals surface area contributed by atoms with E-state index in [1.165, 1.54) is 32.2 Å². The fourth-order valence-corrected chi connectivity index (χ4v) is 9.13. The summed E-state index contributed by atoms with van der Waals surface area (Å²) in [6, 6.07) is 1.57. The van der Waals surface area contributed by atoms with E-state index in [-0.39, 0.29) is 29.5 Å². The van der Waals surface area contributed by atoms with Crippen molar-refractivity contribution in [1.29, 1.82) is 0 Å². The van der Waals surface area contributed by atoms with Gasteiger partial charge in [-0.05, 0) is 84.4 Å². The number of hydrogen-bond acceptors (Lipinski definition) is 11. The molecule has 3 fully saturated rings. The van der Waals surface area contributed by atoms with E-state index in [1.54, 1.807) is 26.8 Å². The van der Waals surface area contributed by atoms with Crippen LogP contribution < -0.4 is 29.6 Å². The quantitative estimate of drug-likeness (QED) is 0.355. The molecule has 2 aliphatic carbocycles. The molecule has 0 bridgehead atoms. The highest BCUT2D eigenvalue weighted by molar-refractivity contribution is 7.91. The minimum Gasteiger partial charge on any atom is -0.497 e. The van der Waals surface area contributed by atoms with Crippen molar-refractivity contribution in [3.8, 4) is 17.2 Å². The van der Waals surface area contributed by atoms with Crippen LogP contribution in [0.1, 0.15) is 91.2 Å². The Bertz CT molecular complexity index is 2170. The average molecular weight is 836 g/mol. The van der Waals surface area contributed by atoms with Gasteiger partial charge in [0.05, 0.1) is 23.9 Å². The third kappa shape index (κ3) is 7.97. The molecule has 1 saturated heterocycles. The molecule has 15 nitrogen and oxygen atoms in total. The summed E-state index contributed by atoms with van der Waals surface area (Å²) in [6.45, 7) is 5.61. The fourth-order valence-electron chi connectivity index (χ4n) is 7.82. The van der Waals surface area contributed by atoms with Crippen LogP contribution in [0.4, 0.5) is 18.0 Å². The van der Waals surface area contributed by atoms with Crippen molar-refractivity contribution < 1.29 is 59.7 Å². The Morgan fingerprint density at radius 1 is 1.07 bits per heavy atom. The number of nitrogens with zero attached hydrogens (tertiary/aromatic N) is 2. The van der Waals surface area contributed by atoms with Crippen LogP contribution >= 0.6 is 0 Å². The van der Waals surface area contributed by atoms with Gasteiger partial charge in [-0.25, -0.2) is 18.2 Å². The summed E-state index contributed by atoms with van der Waals surface area (Å²) in [4.78, 5) is 61.2. The second kappa shape index (κ2) is 14.5. The molecule has 5 atom stereocenters. The fraction of sp³-hybridized carbons (Fsp3) is 0.615. The van der Waals surface area contributed by atoms with Crippen LogP contribution in [0.15, 0.2) is 30.4 Å². The number of aromatic nitrogens is 1. The van der Waals surface area contributed by atoms with Gasteiger partial charge < -0.3 is 34.5 Å². The van der Waals surface area contributed by atoms with E-state index < -0.39 is 111 Å². The van der Waals surface area contributed by atoms with Crippen molar-refractivity contribution in [1.82, 2.24) is 25.2 Å². The first-order chi connectivity index (χ1) is 27.1. The molecule has 58 heavy (non-hydrogen) atoms. The number of alkyl halides is 3. The van der Waals surface area contributed by atoms with Gasteiger partial charge in [0.15, 0.2) is 22.8 Å². The number of benzene rings is 1. The maximum absolute atomic E-state index is 14.7. The van der Waals surface area contributed by atoms with Crippen molar-refractivity contribution in [3.63, 3.8) is 0 Å². The monoisotopic (exact) mass is 835 g/mol. The lowest BCUT2D eigenvalue weighted by Crippen LogP contribution is -2.58. The third-order valence-electron chi connectivity index (χ3n) is 11.5. The van der Waals surface area contributed by atoms with Crippen LogP contribution in [0.25, 0.3) is 10.9 Å². The summed E-state index contributed by atoms with van der Waals surface area (Å²) in [7, 11) is -2.72. The second-order valence-electron chi connectivity index (χ2n) is 17.2. The summed E-state index contributed by atoms with van der Waals surface area (Å²) >= 11 is 0. The van der Waals surface area contributed by atoms with E-state index in [0.717, 1.165) is 4.90 Å². The number of methoxy groups -OCH3 is 1. The van der Waals surface area contributed by atoms with Crippen molar-refractivity contribution in [2.24, 2.45) is 5.92 Å². The number of allylic oxidation sites excluding steroid dienone is 1. The van der Waals surface area contributed by atoms with Crippen LogP contribution in [0.5, 0.6) is 17.2 Å². The molecule has 1 unspecified atom stereocenters. The number of hydrogen-bond donors (Lipinski definition) is 3. The maximum Gasteiger partial charge on any atom is 0.437 e. The highest BCUT2D eigenvalue weighted by Gasteiger charge is 2.64. The van der Waals surface area contributed by atoms with Gasteiger partial charge in [-0.2, -0.15) is 13.2 Å². The highest BCUT2D eigenvalue weighted by atomic mass is 32.2. The van der Waals surface area contributed by atoms with Crippen LogP contribution in [-0.2, 0) is 35.3 Å². The Kier molecular flexibility index (Phi) is 10.3. The number of alkyl carbamates (subject to hydrolysis) is 1. The number of carbonyl (C=O) groups is 4. The molecule has 1 aromatic heterocycles. The highest BCUT2D eigenvalue weighted by Crippen LogP contribution is 2.51. The lowest BCUT2D eigenvalue weighted by Gasteiger charge is -2.36. The van der Waals surface area contributed by atoms with Gasteiger partial charge in [0.1, 0.15) is 35.6 Å². The molecule has 4 heterocycles. The van der Waals surface area contributed by atoms with Gasteiger partial charge in [-0.1, -0.05) is 25.0 Å². The van der Waals surface area contributed by atoms with E-state index >= 15 is 0 Å². The summed E-state index contributed by atoms with van der Waals surface area (Å²) < 4.78 is 94.5. The van der Waals surface area contributed by atoms with Gasteiger partial charge in [-0.3, -0.25) is 19.1 Å². The molecule has 1 spiro atoms. The van der Waals surface area contributed by atoms with Crippen LogP contribution in [0, 0.1) is 5.92 Å². The number of fused-ring (bicyclic) bond motifs is 5. The van der Waals surface area contributed by atoms with Crippen molar-refractivity contribution >= 4 is 44.7 Å². The number of carbonyl (C=O) groups excluding carboxylic acids is 4. The Labute approximate surface area is 333 Å². The minimum absolute atomic E-state index is 0.0366. The minimum atomic E-state index is -5.01. The van der Waals surface area contributed by atoms with Crippen LogP contribution in [0.2, 0.25) is 0 Å². The molecule has 0 radical (unpaired) electrons. The third-order valence-corrected chi connectivity index (χ3v) is 13.6. The predicted molar refractivity (Wildman–Crippen MR) is 201 cm³/mol. The lowest BCUT2D eigenvalue weighted by atomic mass is 9.98. The number of nitrogens with one attached hydrogen (secondary N) is 3. The summed E-state index contributed by atoms with van der Waals surface area (Å²) in [5.74, 6) is -3.79. The maximum atomic E-state index is 14.7. The standard InChI is InChI=1S/C39H48F3N5O10S/c1-35(2,3)57-34(51)44-26-12-10-8-6-7-9-11-22-18-38(22,33(50)46-58(52,53)36(4)15-16-36)45-31(48)27-19-37(20-47(27)32(26)49)21-55-28-24-17-23(54-5)13-14-25(24)43-30(29(28)56-37)39(40,41)42/h9,11,13-14,17,22,26-27H,6-8,10,12,15-16,18-21H2,1-5H3,(H,44,51)(H,45,48)(H,46,50)/b11-9-/t22-,26?,27-,37+,38+/m0/s1. The summed E-state index contributed by atoms with van der Waals surface area (Å²) in [5.41, 5.74) is -5.78. The Morgan fingerprint density at radius 3 is 2.48 bits per heavy atom. The van der Waals surface area contributed by atoms with Gasteiger partial charge in [0.2, 0.25) is 21.8 Å². The van der Waals surface area contributed by atoms with E-state index in [4.69, 9.17) is 18.9 Å². The second-order valence-corrected chi connectivity index (χ2v) is 19.4. The number of pyridine rings is 1. The Balaban J connectivity index is 1.27. The molecule has 316 valence electrons. The number of sulfonamides is 1. The zero-order valence-corrected chi connectivity index (χ0v) is 33.7. The van der Waals surface area contributed by atoms with Crippen molar-refractivity contribution in [2.75, 3.05) is 20.3 Å². The summed E-state index contributed by atoms with van der Waals surface area (Å²) in [5, 5.41) is 5.55. The van der Waals surface area contributed by atoms with E-state index in [0.29, 0.717) is 44.3 Å². The van der Waals surface area contributed by atoms with E-state index in [2.05, 4.69) is 20.3 Å². The number of rotatable bonds is 5. The van der Waals surface area contributed by atoms with Gasteiger partial charge in [0, 0.05) is 17.7 Å². The Morgan fingerprint density at radius 2 is 1.81 bits per heavy atom. The Hall–Kier alpha value is -4.81. The van der Waals surface area contributed by atoms with E-state index in [1.807, 2.05) is 6.08 Å². The zero-order chi connectivity index (χ0) is 42.1. The molecule has 4 amide bonds. The number of amides is 4. The first-order valence-corrected chi connectivity index (χ1v) is 20.8. The topological polar surface area (TPSA) is 192 Å². The van der Waals surface area contributed by atoms with Crippen molar-refractivity contribution in [3.05, 3.63) is 36.0 Å². The first kappa shape index (κ1) is 41.4. The SMILES string of the molecule is COc1ccc2nc(C(F)(F)F)c3c(c2c1)OC[C@]1(C[C@H]2C(=O)N[C@]4(C(=O)NS(=O)(=O)C5(C)CC5)C[C@@H]4/C=C\CCCCCC(NC(=O)OC(C)(C)C)C(=O)N2C1)O3. The molecule has 3 N–H and O–H groups in total. The average Bonchev–Trinajstić information content (AvgIpc) is 4.03. The van der Waals surface area contributed by atoms with Crippen LogP contribution in [-0.4, -0.2) is 95.9 Å². The molecule has 19 heteroatoms.